The summed E-state index contributed by atoms with van der Waals surface area (Å²) < 4.78 is 1.21. The van der Waals surface area contributed by atoms with Crippen molar-refractivity contribution in [2.75, 3.05) is 44.2 Å². The van der Waals surface area contributed by atoms with Gasteiger partial charge in [-0.3, -0.25) is 4.90 Å². The Bertz CT molecular complexity index is 442. The first kappa shape index (κ1) is 16.8. The van der Waals surface area contributed by atoms with E-state index < -0.39 is 0 Å². The summed E-state index contributed by atoms with van der Waals surface area (Å²) in [6.45, 7) is 13.5. The summed E-state index contributed by atoms with van der Waals surface area (Å²) in [5.74, 6) is 0. The van der Waals surface area contributed by atoms with Crippen LogP contribution in [0.4, 0.5) is 5.69 Å². The summed E-state index contributed by atoms with van der Waals surface area (Å²) in [4.78, 5) is 5.06. The smallest absolute Gasteiger partial charge is 0.0378 e. The quantitative estimate of drug-likeness (QED) is 0.841. The van der Waals surface area contributed by atoms with Crippen molar-refractivity contribution >= 4 is 21.6 Å². The number of rotatable bonds is 6. The number of piperazine rings is 1. The standard InChI is InChI=1S/C17H28BrN3/c1-4-8-20-9-11-21(12-10-20)15-6-7-16(17(18)13-15)14(3)19-5-2/h6-7,13-14,19H,4-5,8-12H2,1-3H3. The van der Waals surface area contributed by atoms with Crippen molar-refractivity contribution in [1.82, 2.24) is 10.2 Å². The summed E-state index contributed by atoms with van der Waals surface area (Å²) in [6.07, 6.45) is 1.25. The van der Waals surface area contributed by atoms with Crippen molar-refractivity contribution in [2.24, 2.45) is 0 Å². The molecule has 0 aliphatic carbocycles. The third-order valence-corrected chi connectivity index (χ3v) is 4.92. The molecule has 1 heterocycles. The maximum atomic E-state index is 3.74. The van der Waals surface area contributed by atoms with Crippen LogP contribution in [-0.2, 0) is 0 Å². The van der Waals surface area contributed by atoms with E-state index in [2.05, 4.69) is 70.0 Å². The first-order valence-corrected chi connectivity index (χ1v) is 8.95. The fourth-order valence-electron chi connectivity index (χ4n) is 3.03. The second-order valence-electron chi connectivity index (χ2n) is 5.81. The summed E-state index contributed by atoms with van der Waals surface area (Å²) in [7, 11) is 0. The van der Waals surface area contributed by atoms with Gasteiger partial charge in [-0.25, -0.2) is 0 Å². The molecule has 0 amide bonds. The van der Waals surface area contributed by atoms with Gasteiger partial charge in [-0.1, -0.05) is 35.8 Å². The molecule has 0 spiro atoms. The number of nitrogens with one attached hydrogen (secondary N) is 1. The Morgan fingerprint density at radius 2 is 1.90 bits per heavy atom. The van der Waals surface area contributed by atoms with Gasteiger partial charge in [0.1, 0.15) is 0 Å². The minimum absolute atomic E-state index is 0.389. The fraction of sp³-hybridized carbons (Fsp3) is 0.647. The second-order valence-corrected chi connectivity index (χ2v) is 6.67. The van der Waals surface area contributed by atoms with Crippen LogP contribution in [0.3, 0.4) is 0 Å². The Balaban J connectivity index is 2.00. The summed E-state index contributed by atoms with van der Waals surface area (Å²) in [6, 6.07) is 7.19. The lowest BCUT2D eigenvalue weighted by molar-refractivity contribution is 0.258. The highest BCUT2D eigenvalue weighted by Crippen LogP contribution is 2.28. The zero-order valence-electron chi connectivity index (χ0n) is 13.5. The molecule has 118 valence electrons. The van der Waals surface area contributed by atoms with Gasteiger partial charge in [-0.15, -0.1) is 0 Å². The van der Waals surface area contributed by atoms with Gasteiger partial charge < -0.3 is 10.2 Å². The van der Waals surface area contributed by atoms with Gasteiger partial charge in [-0.2, -0.15) is 0 Å². The van der Waals surface area contributed by atoms with E-state index in [1.807, 2.05) is 0 Å². The van der Waals surface area contributed by atoms with E-state index in [0.717, 1.165) is 19.6 Å². The molecular formula is C17H28BrN3. The molecule has 3 nitrogen and oxygen atoms in total. The van der Waals surface area contributed by atoms with Crippen LogP contribution < -0.4 is 10.2 Å². The topological polar surface area (TPSA) is 18.5 Å². The number of halogens is 1. The monoisotopic (exact) mass is 353 g/mol. The maximum Gasteiger partial charge on any atom is 0.0378 e. The van der Waals surface area contributed by atoms with Gasteiger partial charge >= 0.3 is 0 Å². The van der Waals surface area contributed by atoms with Crippen LogP contribution in [0.2, 0.25) is 0 Å². The van der Waals surface area contributed by atoms with Crippen LogP contribution in [0.5, 0.6) is 0 Å². The van der Waals surface area contributed by atoms with Crippen LogP contribution in [-0.4, -0.2) is 44.2 Å². The van der Waals surface area contributed by atoms with Gasteiger partial charge in [0.15, 0.2) is 0 Å². The van der Waals surface area contributed by atoms with Gasteiger partial charge in [-0.05, 0) is 44.1 Å². The Hall–Kier alpha value is -0.580. The molecule has 1 aromatic carbocycles. The highest BCUT2D eigenvalue weighted by molar-refractivity contribution is 9.10. The maximum absolute atomic E-state index is 3.74. The van der Waals surface area contributed by atoms with Gasteiger partial charge in [0.05, 0.1) is 0 Å². The Morgan fingerprint density at radius 1 is 1.19 bits per heavy atom. The molecule has 4 heteroatoms. The average Bonchev–Trinajstić information content (AvgIpc) is 2.48. The molecule has 1 unspecified atom stereocenters. The van der Waals surface area contributed by atoms with Gasteiger partial charge in [0, 0.05) is 42.4 Å². The molecule has 0 aromatic heterocycles. The van der Waals surface area contributed by atoms with Crippen molar-refractivity contribution in [3.05, 3.63) is 28.2 Å². The second kappa shape index (κ2) is 8.16. The van der Waals surface area contributed by atoms with E-state index >= 15 is 0 Å². The highest BCUT2D eigenvalue weighted by Gasteiger charge is 2.17. The third kappa shape index (κ3) is 4.44. The van der Waals surface area contributed by atoms with E-state index in [1.54, 1.807) is 0 Å². The summed E-state index contributed by atoms with van der Waals surface area (Å²) in [5, 5.41) is 3.47. The van der Waals surface area contributed by atoms with Crippen LogP contribution in [0.25, 0.3) is 0 Å². The lowest BCUT2D eigenvalue weighted by Crippen LogP contribution is -2.46. The lowest BCUT2D eigenvalue weighted by Gasteiger charge is -2.36. The van der Waals surface area contributed by atoms with Crippen molar-refractivity contribution in [1.29, 1.82) is 0 Å². The van der Waals surface area contributed by atoms with Gasteiger partial charge in [0.2, 0.25) is 0 Å². The SMILES string of the molecule is CCCN1CCN(c2ccc(C(C)NCC)c(Br)c2)CC1. The molecule has 21 heavy (non-hydrogen) atoms. The first-order chi connectivity index (χ1) is 10.2. The zero-order valence-corrected chi connectivity index (χ0v) is 15.1. The molecule has 0 saturated carbocycles. The van der Waals surface area contributed by atoms with E-state index in [4.69, 9.17) is 0 Å². The normalized spacial score (nSPS) is 18.0. The van der Waals surface area contributed by atoms with E-state index in [9.17, 15) is 0 Å². The van der Waals surface area contributed by atoms with Crippen molar-refractivity contribution in [3.8, 4) is 0 Å². The lowest BCUT2D eigenvalue weighted by atomic mass is 10.1. The van der Waals surface area contributed by atoms with Crippen LogP contribution in [0, 0.1) is 0 Å². The first-order valence-electron chi connectivity index (χ1n) is 8.15. The molecule has 0 bridgehead atoms. The van der Waals surface area contributed by atoms with Crippen molar-refractivity contribution in [3.63, 3.8) is 0 Å². The van der Waals surface area contributed by atoms with E-state index in [1.165, 1.54) is 41.8 Å². The van der Waals surface area contributed by atoms with Crippen molar-refractivity contribution < 1.29 is 0 Å². The van der Waals surface area contributed by atoms with Crippen molar-refractivity contribution in [2.45, 2.75) is 33.2 Å². The number of hydrogen-bond acceptors (Lipinski definition) is 3. The molecule has 2 rings (SSSR count). The zero-order chi connectivity index (χ0) is 15.2. The predicted molar refractivity (Wildman–Crippen MR) is 95.2 cm³/mol. The Labute approximate surface area is 137 Å². The van der Waals surface area contributed by atoms with E-state index in [-0.39, 0.29) is 0 Å². The molecule has 1 fully saturated rings. The minimum Gasteiger partial charge on any atom is -0.369 e. The average molecular weight is 354 g/mol. The van der Waals surface area contributed by atoms with Crippen LogP contribution in [0.15, 0.2) is 22.7 Å². The molecule has 1 aromatic rings. The fourth-order valence-corrected chi connectivity index (χ4v) is 3.74. The highest BCUT2D eigenvalue weighted by atomic mass is 79.9. The predicted octanol–water partition coefficient (Wildman–Crippen LogP) is 3.65. The molecule has 1 saturated heterocycles. The van der Waals surface area contributed by atoms with Crippen LogP contribution >= 0.6 is 15.9 Å². The molecule has 0 radical (unpaired) electrons. The Kier molecular flexibility index (Phi) is 6.52. The minimum atomic E-state index is 0.389. The largest absolute Gasteiger partial charge is 0.369 e. The molecule has 1 atom stereocenters. The number of hydrogen-bond donors (Lipinski definition) is 1. The van der Waals surface area contributed by atoms with Gasteiger partial charge in [0.25, 0.3) is 0 Å². The number of anilines is 1. The number of benzene rings is 1. The molecule has 1 aliphatic rings. The van der Waals surface area contributed by atoms with E-state index in [0.29, 0.717) is 6.04 Å². The third-order valence-electron chi connectivity index (χ3n) is 4.24. The molecular weight excluding hydrogens is 326 g/mol. The Morgan fingerprint density at radius 3 is 2.48 bits per heavy atom. The summed E-state index contributed by atoms with van der Waals surface area (Å²) >= 11 is 3.74. The molecule has 1 N–H and O–H groups in total. The summed E-state index contributed by atoms with van der Waals surface area (Å²) in [5.41, 5.74) is 2.68. The van der Waals surface area contributed by atoms with Crippen LogP contribution in [0.1, 0.15) is 38.8 Å². The molecule has 1 aliphatic heterocycles. The number of nitrogens with zero attached hydrogens (tertiary/aromatic N) is 2.